The fraction of sp³-hybridized carbons (Fsp3) is 0.0769. The number of aromatic nitrogens is 2. The summed E-state index contributed by atoms with van der Waals surface area (Å²) in [5.74, 6) is 0. The third-order valence-corrected chi connectivity index (χ3v) is 2.75. The minimum absolute atomic E-state index is 0.00962. The number of nitro groups is 1. The van der Waals surface area contributed by atoms with Crippen LogP contribution >= 0.6 is 0 Å². The molecule has 20 heavy (non-hydrogen) atoms. The molecule has 0 amide bonds. The van der Waals surface area contributed by atoms with Crippen LogP contribution in [0.25, 0.3) is 11.1 Å². The van der Waals surface area contributed by atoms with Crippen LogP contribution in [-0.4, -0.2) is 14.9 Å². The quantitative estimate of drug-likeness (QED) is 0.578. The van der Waals surface area contributed by atoms with Crippen molar-refractivity contribution in [1.29, 1.82) is 0 Å². The maximum absolute atomic E-state index is 10.7. The molecule has 3 aromatic rings. The van der Waals surface area contributed by atoms with Crippen LogP contribution < -0.4 is 5.32 Å². The van der Waals surface area contributed by atoms with E-state index in [0.717, 1.165) is 5.56 Å². The van der Waals surface area contributed by atoms with Crippen molar-refractivity contribution in [2.75, 3.05) is 5.32 Å². The average molecular weight is 270 g/mol. The Labute approximate surface area is 113 Å². The van der Waals surface area contributed by atoms with Crippen LogP contribution in [0.5, 0.6) is 0 Å². The summed E-state index contributed by atoms with van der Waals surface area (Å²) in [5.41, 5.74) is 1.93. The van der Waals surface area contributed by atoms with Gasteiger partial charge in [0.1, 0.15) is 5.52 Å². The largest absolute Gasteiger partial charge is 0.424 e. The van der Waals surface area contributed by atoms with Crippen molar-refractivity contribution in [2.24, 2.45) is 0 Å². The summed E-state index contributed by atoms with van der Waals surface area (Å²) in [7, 11) is 0. The van der Waals surface area contributed by atoms with Crippen molar-refractivity contribution in [3.05, 3.63) is 58.4 Å². The molecule has 0 aliphatic heterocycles. The molecule has 2 aromatic heterocycles. The van der Waals surface area contributed by atoms with E-state index in [1.165, 1.54) is 18.2 Å². The Bertz CT molecular complexity index is 755. The first-order chi connectivity index (χ1) is 9.72. The number of nitrogens with one attached hydrogen (secondary N) is 1. The van der Waals surface area contributed by atoms with Gasteiger partial charge in [0.2, 0.25) is 0 Å². The van der Waals surface area contributed by atoms with Gasteiger partial charge in [-0.3, -0.25) is 15.1 Å². The summed E-state index contributed by atoms with van der Waals surface area (Å²) >= 11 is 0. The lowest BCUT2D eigenvalue weighted by molar-refractivity contribution is -0.384. The van der Waals surface area contributed by atoms with Crippen LogP contribution in [0.15, 0.2) is 47.1 Å². The Morgan fingerprint density at radius 1 is 1.35 bits per heavy atom. The fourth-order valence-corrected chi connectivity index (χ4v) is 1.79. The maximum Gasteiger partial charge on any atom is 0.295 e. The van der Waals surface area contributed by atoms with Gasteiger partial charge in [-0.25, -0.2) is 0 Å². The van der Waals surface area contributed by atoms with Crippen LogP contribution in [0, 0.1) is 10.1 Å². The van der Waals surface area contributed by atoms with Gasteiger partial charge in [-0.1, -0.05) is 6.07 Å². The van der Waals surface area contributed by atoms with Crippen molar-refractivity contribution in [3.8, 4) is 0 Å². The van der Waals surface area contributed by atoms with Crippen molar-refractivity contribution in [2.45, 2.75) is 6.54 Å². The van der Waals surface area contributed by atoms with Crippen LogP contribution in [0.2, 0.25) is 0 Å². The lowest BCUT2D eigenvalue weighted by Gasteiger charge is -2.00. The van der Waals surface area contributed by atoms with E-state index in [1.54, 1.807) is 12.4 Å². The van der Waals surface area contributed by atoms with Gasteiger partial charge in [-0.05, 0) is 17.7 Å². The van der Waals surface area contributed by atoms with Crippen molar-refractivity contribution in [3.63, 3.8) is 0 Å². The summed E-state index contributed by atoms with van der Waals surface area (Å²) in [6.45, 7) is 0.517. The van der Waals surface area contributed by atoms with Crippen molar-refractivity contribution in [1.82, 2.24) is 9.97 Å². The highest BCUT2D eigenvalue weighted by Gasteiger charge is 2.11. The molecule has 0 aliphatic carbocycles. The molecule has 7 heteroatoms. The number of oxazole rings is 1. The number of benzene rings is 1. The van der Waals surface area contributed by atoms with E-state index < -0.39 is 4.92 Å². The number of nitro benzene ring substituents is 1. The lowest BCUT2D eigenvalue weighted by Crippen LogP contribution is -1.99. The summed E-state index contributed by atoms with van der Waals surface area (Å²) in [6, 6.07) is 8.40. The summed E-state index contributed by atoms with van der Waals surface area (Å²) in [5, 5.41) is 13.7. The molecular weight excluding hydrogens is 260 g/mol. The van der Waals surface area contributed by atoms with E-state index >= 15 is 0 Å². The van der Waals surface area contributed by atoms with Gasteiger partial charge < -0.3 is 9.73 Å². The van der Waals surface area contributed by atoms with E-state index in [1.807, 2.05) is 12.1 Å². The van der Waals surface area contributed by atoms with Gasteiger partial charge in [0.25, 0.3) is 11.7 Å². The topological polar surface area (TPSA) is 94.1 Å². The van der Waals surface area contributed by atoms with Gasteiger partial charge in [-0.15, -0.1) is 0 Å². The van der Waals surface area contributed by atoms with E-state index in [0.29, 0.717) is 23.7 Å². The smallest absolute Gasteiger partial charge is 0.295 e. The molecule has 7 nitrogen and oxygen atoms in total. The molecule has 0 spiro atoms. The number of anilines is 1. The van der Waals surface area contributed by atoms with Crippen molar-refractivity contribution < 1.29 is 9.34 Å². The minimum atomic E-state index is -0.461. The molecule has 0 atom stereocenters. The zero-order valence-corrected chi connectivity index (χ0v) is 10.3. The highest BCUT2D eigenvalue weighted by atomic mass is 16.6. The molecule has 1 N–H and O–H groups in total. The number of pyridine rings is 1. The van der Waals surface area contributed by atoms with Crippen LogP contribution in [0.3, 0.4) is 0 Å². The van der Waals surface area contributed by atoms with Gasteiger partial charge in [0.15, 0.2) is 5.58 Å². The highest BCUT2D eigenvalue weighted by Crippen LogP contribution is 2.23. The second-order valence-electron chi connectivity index (χ2n) is 4.14. The Hall–Kier alpha value is -2.96. The average Bonchev–Trinajstić information content (AvgIpc) is 2.88. The molecule has 2 heterocycles. The minimum Gasteiger partial charge on any atom is -0.424 e. The van der Waals surface area contributed by atoms with Crippen LogP contribution in [0.1, 0.15) is 5.56 Å². The van der Waals surface area contributed by atoms with Crippen LogP contribution in [-0.2, 0) is 6.54 Å². The van der Waals surface area contributed by atoms with Gasteiger partial charge in [0, 0.05) is 31.1 Å². The summed E-state index contributed by atoms with van der Waals surface area (Å²) < 4.78 is 5.46. The number of hydrogen-bond donors (Lipinski definition) is 1. The molecular formula is C13H10N4O3. The third-order valence-electron chi connectivity index (χ3n) is 2.75. The van der Waals surface area contributed by atoms with Gasteiger partial charge in [0.05, 0.1) is 4.92 Å². The number of nitrogens with zero attached hydrogens (tertiary/aromatic N) is 3. The number of fused-ring (bicyclic) bond motifs is 1. The molecule has 0 aliphatic rings. The van der Waals surface area contributed by atoms with E-state index in [-0.39, 0.29) is 5.69 Å². The van der Waals surface area contributed by atoms with Crippen LogP contribution in [0.4, 0.5) is 11.7 Å². The predicted octanol–water partition coefficient (Wildman–Crippen LogP) is 2.74. The lowest BCUT2D eigenvalue weighted by atomic mass is 10.3. The maximum atomic E-state index is 10.7. The third kappa shape index (κ3) is 2.41. The molecule has 0 fully saturated rings. The number of rotatable bonds is 4. The molecule has 0 saturated carbocycles. The Morgan fingerprint density at radius 3 is 3.00 bits per heavy atom. The summed E-state index contributed by atoms with van der Waals surface area (Å²) in [6.07, 6.45) is 3.43. The molecule has 100 valence electrons. The number of non-ortho nitro benzene ring substituents is 1. The molecule has 0 radical (unpaired) electrons. The van der Waals surface area contributed by atoms with E-state index in [2.05, 4.69) is 15.3 Å². The zero-order valence-electron chi connectivity index (χ0n) is 10.3. The Morgan fingerprint density at radius 2 is 2.25 bits per heavy atom. The second kappa shape index (κ2) is 4.96. The van der Waals surface area contributed by atoms with Crippen molar-refractivity contribution >= 4 is 22.8 Å². The first-order valence-corrected chi connectivity index (χ1v) is 5.90. The molecule has 0 bridgehead atoms. The second-order valence-corrected chi connectivity index (χ2v) is 4.14. The molecule has 0 saturated heterocycles. The standard InChI is InChI=1S/C13H10N4O3/c18-17(19)10-3-4-12-11(6-10)16-13(20-12)15-8-9-2-1-5-14-7-9/h1-7H,8H2,(H,15,16). The monoisotopic (exact) mass is 270 g/mol. The molecule has 1 aromatic carbocycles. The predicted molar refractivity (Wildman–Crippen MR) is 72.2 cm³/mol. The Kier molecular flexibility index (Phi) is 3.00. The fourth-order valence-electron chi connectivity index (χ4n) is 1.79. The van der Waals surface area contributed by atoms with Gasteiger partial charge in [-0.2, -0.15) is 4.98 Å². The first kappa shape index (κ1) is 12.1. The number of hydrogen-bond acceptors (Lipinski definition) is 6. The van der Waals surface area contributed by atoms with Gasteiger partial charge >= 0.3 is 0 Å². The van der Waals surface area contributed by atoms with E-state index in [4.69, 9.17) is 4.42 Å². The Balaban J connectivity index is 1.80. The normalized spacial score (nSPS) is 10.6. The SMILES string of the molecule is O=[N+]([O-])c1ccc2oc(NCc3cccnc3)nc2c1. The molecule has 0 unspecified atom stereocenters. The van der Waals surface area contributed by atoms with E-state index in [9.17, 15) is 10.1 Å². The zero-order chi connectivity index (χ0) is 13.9. The highest BCUT2D eigenvalue weighted by molar-refractivity contribution is 5.77. The molecule has 3 rings (SSSR count). The first-order valence-electron chi connectivity index (χ1n) is 5.90. The summed E-state index contributed by atoms with van der Waals surface area (Å²) in [4.78, 5) is 18.4.